The Morgan fingerprint density at radius 3 is 2.57 bits per heavy atom. The van der Waals surface area contributed by atoms with Gasteiger partial charge in [-0.2, -0.15) is 13.2 Å². The average Bonchev–Trinajstić information content (AvgIpc) is 3.07. The third-order valence-electron chi connectivity index (χ3n) is 5.06. The van der Waals surface area contributed by atoms with Gasteiger partial charge in [-0.3, -0.25) is 4.79 Å². The van der Waals surface area contributed by atoms with Gasteiger partial charge in [-0.1, -0.05) is 0 Å². The first kappa shape index (κ1) is 20.3. The number of anilines is 1. The Balaban J connectivity index is 1.40. The van der Waals surface area contributed by atoms with E-state index in [2.05, 4.69) is 20.3 Å². The summed E-state index contributed by atoms with van der Waals surface area (Å²) in [6, 6.07) is 4.61. The number of aromatic nitrogens is 3. The van der Waals surface area contributed by atoms with Crippen molar-refractivity contribution in [2.75, 3.05) is 18.0 Å². The van der Waals surface area contributed by atoms with Gasteiger partial charge >= 0.3 is 6.18 Å². The van der Waals surface area contributed by atoms with Crippen LogP contribution in [0.3, 0.4) is 0 Å². The van der Waals surface area contributed by atoms with E-state index in [1.54, 1.807) is 0 Å². The second kappa shape index (κ2) is 7.71. The topological polar surface area (TPSA) is 76.8 Å². The second-order valence-electron chi connectivity index (χ2n) is 7.09. The second-order valence-corrected chi connectivity index (χ2v) is 7.50. The van der Waals surface area contributed by atoms with Crippen LogP contribution in [0.4, 0.5) is 23.4 Å². The Kier molecular flexibility index (Phi) is 5.22. The highest BCUT2D eigenvalue weighted by Crippen LogP contribution is 2.30. The molecule has 158 valence electrons. The van der Waals surface area contributed by atoms with Gasteiger partial charge in [0.1, 0.15) is 11.6 Å². The number of nitrogens with zero attached hydrogens (tertiary/aromatic N) is 2. The molecule has 0 radical (unpaired) electrons. The first-order valence-electron chi connectivity index (χ1n) is 9.21. The van der Waals surface area contributed by atoms with Crippen molar-refractivity contribution in [2.24, 2.45) is 0 Å². The van der Waals surface area contributed by atoms with E-state index in [4.69, 9.17) is 12.2 Å². The fraction of sp³-hybridized carbons (Fsp3) is 0.316. The number of rotatable bonds is 3. The number of hydrogen-bond acceptors (Lipinski definition) is 4. The number of carbonyl (C=O) groups is 1. The summed E-state index contributed by atoms with van der Waals surface area (Å²) in [6.45, 7) is 1.04. The molecule has 6 nitrogen and oxygen atoms in total. The summed E-state index contributed by atoms with van der Waals surface area (Å²) in [4.78, 5) is 24.1. The van der Waals surface area contributed by atoms with Gasteiger partial charge in [0, 0.05) is 25.3 Å². The van der Waals surface area contributed by atoms with Crippen LogP contribution in [0, 0.1) is 10.6 Å². The van der Waals surface area contributed by atoms with Gasteiger partial charge in [0.15, 0.2) is 4.77 Å². The normalized spacial score (nSPS) is 15.5. The molecule has 0 saturated carbocycles. The van der Waals surface area contributed by atoms with Crippen LogP contribution in [0.5, 0.6) is 0 Å². The fourth-order valence-corrected chi connectivity index (χ4v) is 3.76. The van der Waals surface area contributed by atoms with Crippen molar-refractivity contribution >= 4 is 35.0 Å². The monoisotopic (exact) mass is 439 g/mol. The Morgan fingerprint density at radius 2 is 1.93 bits per heavy atom. The quantitative estimate of drug-likeness (QED) is 0.423. The largest absolute Gasteiger partial charge is 0.417 e. The summed E-state index contributed by atoms with van der Waals surface area (Å²) in [6.07, 6.45) is -2.45. The molecule has 30 heavy (non-hydrogen) atoms. The molecule has 0 bridgehead atoms. The summed E-state index contributed by atoms with van der Waals surface area (Å²) < 4.78 is 52.2. The molecule has 3 aromatic rings. The van der Waals surface area contributed by atoms with Crippen LogP contribution in [-0.4, -0.2) is 40.0 Å². The van der Waals surface area contributed by atoms with E-state index < -0.39 is 23.5 Å². The lowest BCUT2D eigenvalue weighted by Crippen LogP contribution is -2.45. The number of hydrogen-bond donors (Lipinski definition) is 3. The number of piperidine rings is 1. The number of H-pyrrole nitrogens is 2. The number of fused-ring (bicyclic) bond motifs is 1. The number of imidazole rings is 1. The van der Waals surface area contributed by atoms with Gasteiger partial charge in [-0.05, 0) is 49.3 Å². The van der Waals surface area contributed by atoms with Crippen LogP contribution in [0.25, 0.3) is 11.0 Å². The van der Waals surface area contributed by atoms with Crippen molar-refractivity contribution in [3.05, 3.63) is 52.2 Å². The van der Waals surface area contributed by atoms with E-state index in [0.717, 1.165) is 18.3 Å². The first-order chi connectivity index (χ1) is 14.2. The summed E-state index contributed by atoms with van der Waals surface area (Å²) in [7, 11) is 0. The molecule has 1 aromatic carbocycles. The molecule has 1 aliphatic rings. The lowest BCUT2D eigenvalue weighted by atomic mass is 10.0. The lowest BCUT2D eigenvalue weighted by molar-refractivity contribution is -0.137. The molecule has 1 amide bonds. The number of amides is 1. The van der Waals surface area contributed by atoms with E-state index in [0.29, 0.717) is 47.6 Å². The van der Waals surface area contributed by atoms with Crippen molar-refractivity contribution in [1.29, 1.82) is 0 Å². The maximum atomic E-state index is 13.9. The van der Waals surface area contributed by atoms with Crippen molar-refractivity contribution in [3.63, 3.8) is 0 Å². The molecule has 0 spiro atoms. The molecule has 0 aliphatic carbocycles. The van der Waals surface area contributed by atoms with Gasteiger partial charge in [0.25, 0.3) is 5.91 Å². The molecule has 3 N–H and O–H groups in total. The van der Waals surface area contributed by atoms with E-state index in [9.17, 15) is 22.4 Å². The summed E-state index contributed by atoms with van der Waals surface area (Å²) >= 11 is 5.01. The van der Waals surface area contributed by atoms with Crippen LogP contribution in [0.2, 0.25) is 0 Å². The molecule has 1 aliphatic heterocycles. The van der Waals surface area contributed by atoms with Crippen molar-refractivity contribution in [1.82, 2.24) is 20.3 Å². The molecule has 4 rings (SSSR count). The minimum Gasteiger partial charge on any atom is -0.356 e. The van der Waals surface area contributed by atoms with Crippen molar-refractivity contribution in [3.8, 4) is 0 Å². The molecular weight excluding hydrogens is 422 g/mol. The summed E-state index contributed by atoms with van der Waals surface area (Å²) in [5, 5.41) is 2.90. The molecule has 2 aromatic heterocycles. The maximum Gasteiger partial charge on any atom is 0.417 e. The number of nitrogens with one attached hydrogen (secondary N) is 3. The fourth-order valence-electron chi connectivity index (χ4n) is 3.54. The number of halogens is 4. The van der Waals surface area contributed by atoms with Gasteiger partial charge in [-0.15, -0.1) is 0 Å². The zero-order valence-corrected chi connectivity index (χ0v) is 16.3. The van der Waals surface area contributed by atoms with Crippen molar-refractivity contribution < 1.29 is 22.4 Å². The minimum absolute atomic E-state index is 0.150. The van der Waals surface area contributed by atoms with E-state index in [1.165, 1.54) is 12.1 Å². The predicted molar refractivity (Wildman–Crippen MR) is 105 cm³/mol. The highest BCUT2D eigenvalue weighted by atomic mass is 32.1. The molecular formula is C19H17F4N5OS. The van der Waals surface area contributed by atoms with E-state index >= 15 is 0 Å². The smallest absolute Gasteiger partial charge is 0.356 e. The Labute approximate surface area is 173 Å². The number of benzene rings is 1. The third-order valence-corrected chi connectivity index (χ3v) is 5.27. The summed E-state index contributed by atoms with van der Waals surface area (Å²) in [5.74, 6) is -0.517. The third kappa shape index (κ3) is 4.16. The number of pyridine rings is 1. The zero-order chi connectivity index (χ0) is 21.5. The standard InChI is InChI=1S/C19H17F4N5OS/c20-11-7-13(16-14(8-11)26-18(30)27-16)17(29)25-12-3-5-28(6-4-12)15-2-1-10(9-24-15)19(21,22)23/h1-2,7-9,12H,3-6H2,(H,25,29)(H2,26,27,30). The predicted octanol–water partition coefficient (Wildman–Crippen LogP) is 4.18. The molecule has 0 atom stereocenters. The molecule has 1 saturated heterocycles. The molecule has 0 unspecified atom stereocenters. The Bertz CT molecular complexity index is 1130. The molecule has 1 fully saturated rings. The van der Waals surface area contributed by atoms with Crippen LogP contribution < -0.4 is 10.2 Å². The number of aromatic amines is 2. The van der Waals surface area contributed by atoms with Crippen molar-refractivity contribution in [2.45, 2.75) is 25.1 Å². The minimum atomic E-state index is -4.42. The lowest BCUT2D eigenvalue weighted by Gasteiger charge is -2.33. The SMILES string of the molecule is O=C(NC1CCN(c2ccc(C(F)(F)F)cn2)CC1)c1cc(F)cc2[nH]c(=S)[nH]c12. The van der Waals surface area contributed by atoms with E-state index in [-0.39, 0.29) is 11.6 Å². The average molecular weight is 439 g/mol. The Morgan fingerprint density at radius 1 is 1.20 bits per heavy atom. The molecule has 3 heterocycles. The number of alkyl halides is 3. The van der Waals surface area contributed by atoms with Gasteiger partial charge < -0.3 is 20.2 Å². The van der Waals surface area contributed by atoms with E-state index in [1.807, 2.05) is 4.90 Å². The zero-order valence-electron chi connectivity index (χ0n) is 15.5. The molecule has 11 heteroatoms. The first-order valence-corrected chi connectivity index (χ1v) is 9.62. The van der Waals surface area contributed by atoms with Crippen LogP contribution in [0.1, 0.15) is 28.8 Å². The maximum absolute atomic E-state index is 13.9. The number of carbonyl (C=O) groups excluding carboxylic acids is 1. The van der Waals surface area contributed by atoms with Crippen LogP contribution in [0.15, 0.2) is 30.5 Å². The highest BCUT2D eigenvalue weighted by molar-refractivity contribution is 7.71. The van der Waals surface area contributed by atoms with Gasteiger partial charge in [-0.25, -0.2) is 9.37 Å². The van der Waals surface area contributed by atoms with Gasteiger partial charge in [0.05, 0.1) is 22.2 Å². The Hall–Kier alpha value is -2.95. The van der Waals surface area contributed by atoms with Crippen LogP contribution in [-0.2, 0) is 6.18 Å². The highest BCUT2D eigenvalue weighted by Gasteiger charge is 2.31. The summed E-state index contributed by atoms with van der Waals surface area (Å²) in [5.41, 5.74) is 0.210. The van der Waals surface area contributed by atoms with Crippen LogP contribution >= 0.6 is 12.2 Å². The van der Waals surface area contributed by atoms with Gasteiger partial charge in [0.2, 0.25) is 0 Å².